The summed E-state index contributed by atoms with van der Waals surface area (Å²) in [5.74, 6) is 0.934. The third-order valence-corrected chi connectivity index (χ3v) is 1.70. The SMILES string of the molecule is [B][C@@H](CN)C[C@@H](C)CC. The highest BCUT2D eigenvalue weighted by Crippen LogP contribution is 2.14. The Hall–Kier alpha value is 0.0249. The normalized spacial score (nSPS) is 17.2. The molecule has 0 aliphatic rings. The highest BCUT2D eigenvalue weighted by molar-refractivity contribution is 6.11. The van der Waals surface area contributed by atoms with Crippen molar-refractivity contribution in [2.75, 3.05) is 6.54 Å². The number of hydrogen-bond donors (Lipinski definition) is 1. The van der Waals surface area contributed by atoms with Crippen molar-refractivity contribution in [1.82, 2.24) is 0 Å². The van der Waals surface area contributed by atoms with Gasteiger partial charge in [-0.1, -0.05) is 32.5 Å². The molecular formula is C7H16BN. The number of hydrogen-bond acceptors (Lipinski definition) is 1. The maximum Gasteiger partial charge on any atom is 0.0716 e. The quantitative estimate of drug-likeness (QED) is 0.563. The van der Waals surface area contributed by atoms with Gasteiger partial charge in [0, 0.05) is 0 Å². The molecule has 0 spiro atoms. The fourth-order valence-corrected chi connectivity index (χ4v) is 0.780. The maximum atomic E-state index is 5.62. The zero-order valence-corrected chi connectivity index (χ0v) is 6.43. The molecule has 0 fully saturated rings. The molecule has 0 saturated carbocycles. The molecule has 0 saturated heterocycles. The first-order chi connectivity index (χ1) is 4.20. The minimum absolute atomic E-state index is 0.208. The van der Waals surface area contributed by atoms with E-state index in [1.165, 1.54) is 6.42 Å². The van der Waals surface area contributed by atoms with Crippen molar-refractivity contribution in [1.29, 1.82) is 0 Å². The van der Waals surface area contributed by atoms with Gasteiger partial charge in [0.2, 0.25) is 0 Å². The maximum absolute atomic E-state index is 5.62. The average molecular weight is 125 g/mol. The van der Waals surface area contributed by atoms with E-state index in [9.17, 15) is 0 Å². The van der Waals surface area contributed by atoms with Gasteiger partial charge in [-0.15, -0.1) is 0 Å². The number of nitrogens with two attached hydrogens (primary N) is 1. The van der Waals surface area contributed by atoms with Crippen LogP contribution in [0.4, 0.5) is 0 Å². The lowest BCUT2D eigenvalue weighted by molar-refractivity contribution is 0.500. The molecule has 2 N–H and O–H groups in total. The molecule has 2 heteroatoms. The van der Waals surface area contributed by atoms with Crippen LogP contribution in [0, 0.1) is 5.92 Å². The average Bonchev–Trinajstić information content (AvgIpc) is 1.87. The minimum atomic E-state index is 0.208. The second kappa shape index (κ2) is 4.86. The molecule has 2 radical (unpaired) electrons. The fraction of sp³-hybridized carbons (Fsp3) is 1.00. The molecule has 0 unspecified atom stereocenters. The standard InChI is InChI=1S/C7H16BN/c1-3-6(2)4-7(8)5-9/h6-7H,3-5,9H2,1-2H3/t6-,7+/m0/s1. The Morgan fingerprint density at radius 2 is 2.11 bits per heavy atom. The topological polar surface area (TPSA) is 26.0 Å². The predicted octanol–water partition coefficient (Wildman–Crippen LogP) is 1.34. The van der Waals surface area contributed by atoms with Crippen LogP contribution in [0.1, 0.15) is 26.7 Å². The van der Waals surface area contributed by atoms with Crippen LogP contribution in [0.2, 0.25) is 5.82 Å². The van der Waals surface area contributed by atoms with Crippen molar-refractivity contribution in [3.05, 3.63) is 0 Å². The molecule has 0 rings (SSSR count). The third kappa shape index (κ3) is 4.52. The van der Waals surface area contributed by atoms with E-state index in [-0.39, 0.29) is 5.82 Å². The van der Waals surface area contributed by atoms with E-state index >= 15 is 0 Å². The summed E-state index contributed by atoms with van der Waals surface area (Å²) in [6.07, 6.45) is 2.26. The summed E-state index contributed by atoms with van der Waals surface area (Å²) in [7, 11) is 5.62. The summed E-state index contributed by atoms with van der Waals surface area (Å²) < 4.78 is 0. The van der Waals surface area contributed by atoms with Gasteiger partial charge in [-0.3, -0.25) is 0 Å². The van der Waals surface area contributed by atoms with E-state index in [1.807, 2.05) is 0 Å². The van der Waals surface area contributed by atoms with Gasteiger partial charge in [-0.05, 0) is 12.5 Å². The summed E-state index contributed by atoms with van der Waals surface area (Å²) in [6.45, 7) is 4.99. The van der Waals surface area contributed by atoms with Gasteiger partial charge < -0.3 is 5.73 Å². The van der Waals surface area contributed by atoms with Crippen molar-refractivity contribution in [3.63, 3.8) is 0 Å². The van der Waals surface area contributed by atoms with Crippen molar-refractivity contribution in [3.8, 4) is 0 Å². The van der Waals surface area contributed by atoms with Crippen LogP contribution < -0.4 is 5.73 Å². The Kier molecular flexibility index (Phi) is 4.88. The van der Waals surface area contributed by atoms with Gasteiger partial charge >= 0.3 is 0 Å². The lowest BCUT2D eigenvalue weighted by Gasteiger charge is -2.13. The fourth-order valence-electron chi connectivity index (χ4n) is 0.780. The lowest BCUT2D eigenvalue weighted by Crippen LogP contribution is -2.11. The second-order valence-corrected chi connectivity index (χ2v) is 2.74. The molecule has 0 aromatic rings. The van der Waals surface area contributed by atoms with Crippen molar-refractivity contribution >= 4 is 7.85 Å². The largest absolute Gasteiger partial charge is 0.331 e. The summed E-state index contributed by atoms with van der Waals surface area (Å²) in [5.41, 5.74) is 5.35. The molecule has 2 atom stereocenters. The molecule has 0 heterocycles. The van der Waals surface area contributed by atoms with Crippen LogP contribution in [-0.4, -0.2) is 14.4 Å². The van der Waals surface area contributed by atoms with E-state index in [1.54, 1.807) is 0 Å². The molecule has 0 aromatic carbocycles. The molecule has 9 heavy (non-hydrogen) atoms. The van der Waals surface area contributed by atoms with Crippen LogP contribution in [0.15, 0.2) is 0 Å². The van der Waals surface area contributed by atoms with Crippen LogP contribution in [0.5, 0.6) is 0 Å². The molecule has 0 amide bonds. The molecular weight excluding hydrogens is 109 g/mol. The molecule has 0 aromatic heterocycles. The van der Waals surface area contributed by atoms with Crippen LogP contribution >= 0.6 is 0 Å². The Balaban J connectivity index is 3.22. The smallest absolute Gasteiger partial charge is 0.0716 e. The highest BCUT2D eigenvalue weighted by Gasteiger charge is 2.03. The molecule has 0 aliphatic heterocycles. The van der Waals surface area contributed by atoms with Gasteiger partial charge in [-0.25, -0.2) is 0 Å². The number of rotatable bonds is 4. The van der Waals surface area contributed by atoms with Gasteiger partial charge in [0.1, 0.15) is 0 Å². The Bertz CT molecular complexity index is 57.9. The predicted molar refractivity (Wildman–Crippen MR) is 42.6 cm³/mol. The van der Waals surface area contributed by atoms with Crippen molar-refractivity contribution in [2.45, 2.75) is 32.5 Å². The zero-order valence-electron chi connectivity index (χ0n) is 6.43. The molecule has 0 aliphatic carbocycles. The van der Waals surface area contributed by atoms with Crippen LogP contribution in [0.25, 0.3) is 0 Å². The second-order valence-electron chi connectivity index (χ2n) is 2.74. The summed E-state index contributed by atoms with van der Waals surface area (Å²) in [4.78, 5) is 0. The molecule has 1 nitrogen and oxygen atoms in total. The third-order valence-electron chi connectivity index (χ3n) is 1.70. The van der Waals surface area contributed by atoms with E-state index in [4.69, 9.17) is 13.6 Å². The molecule has 0 bridgehead atoms. The van der Waals surface area contributed by atoms with E-state index in [2.05, 4.69) is 13.8 Å². The van der Waals surface area contributed by atoms with Gasteiger partial charge in [0.05, 0.1) is 7.85 Å². The van der Waals surface area contributed by atoms with Gasteiger partial charge in [0.25, 0.3) is 0 Å². The first-order valence-corrected chi connectivity index (χ1v) is 3.66. The minimum Gasteiger partial charge on any atom is -0.331 e. The monoisotopic (exact) mass is 125 g/mol. The lowest BCUT2D eigenvalue weighted by atomic mass is 9.80. The molecule has 52 valence electrons. The Morgan fingerprint density at radius 3 is 2.44 bits per heavy atom. The zero-order chi connectivity index (χ0) is 7.28. The Labute approximate surface area is 59.4 Å². The van der Waals surface area contributed by atoms with Gasteiger partial charge in [-0.2, -0.15) is 0 Å². The first-order valence-electron chi connectivity index (χ1n) is 3.66. The summed E-state index contributed by atoms with van der Waals surface area (Å²) in [6, 6.07) is 0. The van der Waals surface area contributed by atoms with E-state index in [0.717, 1.165) is 12.3 Å². The van der Waals surface area contributed by atoms with E-state index < -0.39 is 0 Å². The van der Waals surface area contributed by atoms with Crippen LogP contribution in [-0.2, 0) is 0 Å². The summed E-state index contributed by atoms with van der Waals surface area (Å²) >= 11 is 0. The highest BCUT2D eigenvalue weighted by atomic mass is 14.5. The van der Waals surface area contributed by atoms with Crippen molar-refractivity contribution in [2.24, 2.45) is 11.7 Å². The van der Waals surface area contributed by atoms with Gasteiger partial charge in [0.15, 0.2) is 0 Å². The summed E-state index contributed by atoms with van der Waals surface area (Å²) in [5, 5.41) is 0. The van der Waals surface area contributed by atoms with Crippen LogP contribution in [0.3, 0.4) is 0 Å². The first kappa shape index (κ1) is 9.02. The van der Waals surface area contributed by atoms with E-state index in [0.29, 0.717) is 6.54 Å². The van der Waals surface area contributed by atoms with Crippen molar-refractivity contribution < 1.29 is 0 Å². The Morgan fingerprint density at radius 1 is 1.56 bits per heavy atom.